The molecule has 1 aromatic rings. The van der Waals surface area contributed by atoms with Gasteiger partial charge in [0.1, 0.15) is 0 Å². The molecular formula is C21H20N2O6. The molecule has 1 aromatic carbocycles. The number of ether oxygens (including phenoxy) is 1. The Bertz CT molecular complexity index is 999. The van der Waals surface area contributed by atoms with Gasteiger partial charge in [-0.2, -0.15) is 0 Å². The maximum absolute atomic E-state index is 12.7. The van der Waals surface area contributed by atoms with E-state index in [1.165, 1.54) is 13.2 Å². The van der Waals surface area contributed by atoms with E-state index in [9.17, 15) is 24.3 Å². The summed E-state index contributed by atoms with van der Waals surface area (Å²) in [6.45, 7) is 0. The monoisotopic (exact) mass is 396 g/mol. The van der Waals surface area contributed by atoms with Crippen LogP contribution in [0.4, 0.5) is 0 Å². The lowest BCUT2D eigenvalue weighted by Gasteiger charge is -2.44. The predicted octanol–water partition coefficient (Wildman–Crippen LogP) is 0.612. The van der Waals surface area contributed by atoms with Gasteiger partial charge < -0.3 is 9.84 Å². The molecule has 6 atom stereocenters. The minimum atomic E-state index is -0.587. The van der Waals surface area contributed by atoms with E-state index < -0.39 is 29.6 Å². The first-order valence-electron chi connectivity index (χ1n) is 9.67. The van der Waals surface area contributed by atoms with Crippen LogP contribution < -0.4 is 15.4 Å². The van der Waals surface area contributed by atoms with E-state index >= 15 is 0 Å². The first-order chi connectivity index (χ1) is 13.9. The second kappa shape index (κ2) is 6.17. The summed E-state index contributed by atoms with van der Waals surface area (Å²) >= 11 is 0. The molecule has 150 valence electrons. The quantitative estimate of drug-likeness (QED) is 0.497. The average molecular weight is 396 g/mol. The molecule has 2 saturated heterocycles. The van der Waals surface area contributed by atoms with E-state index in [1.54, 1.807) is 12.1 Å². The Morgan fingerprint density at radius 1 is 0.931 bits per heavy atom. The van der Waals surface area contributed by atoms with Crippen molar-refractivity contribution in [3.63, 3.8) is 0 Å². The molecule has 5 rings (SSSR count). The summed E-state index contributed by atoms with van der Waals surface area (Å²) < 4.78 is 5.23. The molecule has 3 N–H and O–H groups in total. The molecule has 0 radical (unpaired) electrons. The maximum atomic E-state index is 12.7. The summed E-state index contributed by atoms with van der Waals surface area (Å²) in [5.74, 6) is -3.80. The lowest BCUT2D eigenvalue weighted by atomic mass is 9.57. The largest absolute Gasteiger partial charge is 0.504 e. The molecule has 2 aliphatic carbocycles. The van der Waals surface area contributed by atoms with Crippen molar-refractivity contribution in [3.8, 4) is 11.5 Å². The molecule has 0 aromatic heterocycles. The van der Waals surface area contributed by atoms with Gasteiger partial charge in [-0.05, 0) is 36.5 Å². The van der Waals surface area contributed by atoms with Crippen LogP contribution in [0.2, 0.25) is 0 Å². The van der Waals surface area contributed by atoms with E-state index in [0.29, 0.717) is 12.8 Å². The number of fused-ring (bicyclic) bond motifs is 4. The third kappa shape index (κ3) is 2.44. The zero-order valence-electron chi connectivity index (χ0n) is 15.7. The fourth-order valence-corrected chi connectivity index (χ4v) is 5.67. The Morgan fingerprint density at radius 3 is 2.34 bits per heavy atom. The fourth-order valence-electron chi connectivity index (χ4n) is 5.67. The third-order valence-electron chi connectivity index (χ3n) is 6.90. The summed E-state index contributed by atoms with van der Waals surface area (Å²) in [5.41, 5.74) is 1.65. The number of benzene rings is 1. The Kier molecular flexibility index (Phi) is 3.81. The number of hydrogen-bond donors (Lipinski definition) is 3. The number of carbonyl (C=O) groups excluding carboxylic acids is 4. The van der Waals surface area contributed by atoms with Gasteiger partial charge in [-0.1, -0.05) is 17.7 Å². The molecule has 1 saturated carbocycles. The molecule has 4 amide bonds. The van der Waals surface area contributed by atoms with Crippen molar-refractivity contribution in [2.75, 3.05) is 7.11 Å². The van der Waals surface area contributed by atoms with Gasteiger partial charge in [0.15, 0.2) is 11.5 Å². The van der Waals surface area contributed by atoms with Crippen LogP contribution >= 0.6 is 0 Å². The molecule has 0 bridgehead atoms. The van der Waals surface area contributed by atoms with E-state index in [1.807, 2.05) is 6.08 Å². The highest BCUT2D eigenvalue weighted by atomic mass is 16.5. The number of imide groups is 2. The van der Waals surface area contributed by atoms with Crippen LogP contribution in [0.25, 0.3) is 0 Å². The highest BCUT2D eigenvalue weighted by Crippen LogP contribution is 2.56. The third-order valence-corrected chi connectivity index (χ3v) is 6.90. The normalized spacial score (nSPS) is 35.3. The smallest absolute Gasteiger partial charge is 0.231 e. The Labute approximate surface area is 166 Å². The zero-order chi connectivity index (χ0) is 20.4. The topological polar surface area (TPSA) is 122 Å². The lowest BCUT2D eigenvalue weighted by molar-refractivity contribution is -0.128. The van der Waals surface area contributed by atoms with Crippen LogP contribution in [0.3, 0.4) is 0 Å². The molecule has 4 aliphatic rings. The van der Waals surface area contributed by atoms with Crippen LogP contribution in [0, 0.1) is 29.6 Å². The summed E-state index contributed by atoms with van der Waals surface area (Å²) in [6, 6.07) is 4.88. The second-order valence-corrected chi connectivity index (χ2v) is 8.16. The van der Waals surface area contributed by atoms with Crippen molar-refractivity contribution in [2.45, 2.75) is 18.8 Å². The number of nitrogens with one attached hydrogen (secondary N) is 2. The van der Waals surface area contributed by atoms with Gasteiger partial charge in [-0.15, -0.1) is 0 Å². The van der Waals surface area contributed by atoms with Crippen LogP contribution in [0.1, 0.15) is 24.3 Å². The molecular weight excluding hydrogens is 376 g/mol. The Hall–Kier alpha value is -3.16. The summed E-state index contributed by atoms with van der Waals surface area (Å²) in [4.78, 5) is 49.9. The van der Waals surface area contributed by atoms with E-state index in [0.717, 1.165) is 11.1 Å². The first-order valence-corrected chi connectivity index (χ1v) is 9.67. The summed E-state index contributed by atoms with van der Waals surface area (Å²) in [6.07, 6.45) is 2.74. The van der Waals surface area contributed by atoms with Gasteiger partial charge in [0.2, 0.25) is 23.6 Å². The second-order valence-electron chi connectivity index (χ2n) is 8.16. The summed E-state index contributed by atoms with van der Waals surface area (Å²) in [5, 5.41) is 14.8. The number of rotatable bonds is 2. The van der Waals surface area contributed by atoms with Crippen LogP contribution in [0.15, 0.2) is 29.8 Å². The number of aromatic hydroxyl groups is 1. The standard InChI is InChI=1S/C21H20N2O6/c1-29-14-6-8(2-5-13(14)24)15-9-3-4-10-16(20(27)22-18(10)25)11(9)7-12-17(15)21(28)23-19(12)26/h2-3,5-6,10-12,15-17,24H,4,7H2,1H3,(H,22,25,27)(H,23,26,28). The van der Waals surface area contributed by atoms with Gasteiger partial charge in [-0.25, -0.2) is 0 Å². The molecule has 2 heterocycles. The number of carbonyl (C=O) groups is 4. The maximum Gasteiger partial charge on any atom is 0.231 e. The fraction of sp³-hybridized carbons (Fsp3) is 0.429. The molecule has 29 heavy (non-hydrogen) atoms. The zero-order valence-corrected chi connectivity index (χ0v) is 15.7. The minimum Gasteiger partial charge on any atom is -0.504 e. The molecule has 8 nitrogen and oxygen atoms in total. The highest BCUT2D eigenvalue weighted by Gasteiger charge is 2.58. The van der Waals surface area contributed by atoms with Crippen LogP contribution in [0.5, 0.6) is 11.5 Å². The van der Waals surface area contributed by atoms with Gasteiger partial charge in [0.05, 0.1) is 30.8 Å². The van der Waals surface area contributed by atoms with Gasteiger partial charge in [0.25, 0.3) is 0 Å². The SMILES string of the molecule is COc1cc(C2C3=CCC4C(=O)NC(=O)C4C3CC3C(=O)NC(=O)C32)ccc1O. The van der Waals surface area contributed by atoms with Crippen molar-refractivity contribution in [1.82, 2.24) is 10.6 Å². The number of phenolic OH excluding ortho intramolecular Hbond substituents is 1. The minimum absolute atomic E-state index is 0.0226. The number of hydrogen-bond acceptors (Lipinski definition) is 6. The number of amides is 4. The average Bonchev–Trinajstić information content (AvgIpc) is 3.15. The Morgan fingerprint density at radius 2 is 1.62 bits per heavy atom. The van der Waals surface area contributed by atoms with Crippen molar-refractivity contribution >= 4 is 23.6 Å². The number of allylic oxidation sites excluding steroid dienone is 2. The lowest BCUT2D eigenvalue weighted by Crippen LogP contribution is -2.42. The van der Waals surface area contributed by atoms with E-state index in [4.69, 9.17) is 4.74 Å². The number of methoxy groups -OCH3 is 1. The highest BCUT2D eigenvalue weighted by molar-refractivity contribution is 6.07. The molecule has 8 heteroatoms. The van der Waals surface area contributed by atoms with Crippen molar-refractivity contribution < 1.29 is 29.0 Å². The van der Waals surface area contributed by atoms with Gasteiger partial charge in [0, 0.05) is 5.92 Å². The molecule has 0 spiro atoms. The van der Waals surface area contributed by atoms with Crippen molar-refractivity contribution in [1.29, 1.82) is 0 Å². The van der Waals surface area contributed by atoms with Crippen LogP contribution in [-0.4, -0.2) is 35.8 Å². The predicted molar refractivity (Wildman–Crippen MR) is 98.5 cm³/mol. The Balaban J connectivity index is 1.66. The van der Waals surface area contributed by atoms with Gasteiger partial charge in [-0.3, -0.25) is 29.8 Å². The molecule has 3 fully saturated rings. The van der Waals surface area contributed by atoms with Gasteiger partial charge >= 0.3 is 0 Å². The van der Waals surface area contributed by atoms with E-state index in [-0.39, 0.29) is 41.0 Å². The number of phenols is 1. The molecule has 2 aliphatic heterocycles. The van der Waals surface area contributed by atoms with Crippen LogP contribution in [-0.2, 0) is 19.2 Å². The van der Waals surface area contributed by atoms with Crippen molar-refractivity contribution in [2.24, 2.45) is 29.6 Å². The summed E-state index contributed by atoms with van der Waals surface area (Å²) in [7, 11) is 1.44. The first kappa shape index (κ1) is 17.9. The van der Waals surface area contributed by atoms with Crippen molar-refractivity contribution in [3.05, 3.63) is 35.4 Å². The van der Waals surface area contributed by atoms with E-state index in [2.05, 4.69) is 10.6 Å². The molecule has 6 unspecified atom stereocenters.